The Morgan fingerprint density at radius 3 is 2.68 bits per heavy atom. The first-order valence-electron chi connectivity index (χ1n) is 6.69. The van der Waals surface area contributed by atoms with Gasteiger partial charge in [0.25, 0.3) is 0 Å². The van der Waals surface area contributed by atoms with Gasteiger partial charge in [-0.05, 0) is 19.3 Å². The molecule has 2 bridgehead atoms. The van der Waals surface area contributed by atoms with E-state index in [0.717, 1.165) is 19.3 Å². The van der Waals surface area contributed by atoms with Gasteiger partial charge in [-0.1, -0.05) is 0 Å². The van der Waals surface area contributed by atoms with Gasteiger partial charge in [-0.25, -0.2) is 0 Å². The third-order valence-electron chi connectivity index (χ3n) is 4.22. The van der Waals surface area contributed by atoms with Gasteiger partial charge in [0.1, 0.15) is 5.60 Å². The first-order valence-corrected chi connectivity index (χ1v) is 6.69. The highest BCUT2D eigenvalue weighted by atomic mass is 16.8. The van der Waals surface area contributed by atoms with Crippen LogP contribution in [0.25, 0.3) is 0 Å². The Morgan fingerprint density at radius 1 is 1.21 bits per heavy atom. The Morgan fingerprint density at radius 2 is 2.00 bits per heavy atom. The zero-order valence-electron chi connectivity index (χ0n) is 11.1. The number of hydrogen-bond acceptors (Lipinski definition) is 6. The molecule has 2 saturated heterocycles. The molecule has 0 spiro atoms. The number of hydrogen-bond donors (Lipinski definition) is 0. The summed E-state index contributed by atoms with van der Waals surface area (Å²) in [7, 11) is 0. The van der Waals surface area contributed by atoms with Crippen molar-refractivity contribution in [2.45, 2.75) is 63.8 Å². The summed E-state index contributed by atoms with van der Waals surface area (Å²) in [5.41, 5.74) is -0.695. The smallest absolute Gasteiger partial charge is 0.305 e. The second kappa shape index (κ2) is 4.45. The van der Waals surface area contributed by atoms with Crippen LogP contribution in [0, 0.1) is 5.92 Å². The van der Waals surface area contributed by atoms with Crippen molar-refractivity contribution in [3.05, 3.63) is 0 Å². The lowest BCUT2D eigenvalue weighted by Gasteiger charge is -2.42. The van der Waals surface area contributed by atoms with Crippen LogP contribution in [0.2, 0.25) is 0 Å². The lowest BCUT2D eigenvalue weighted by Crippen LogP contribution is -2.56. The van der Waals surface area contributed by atoms with Crippen molar-refractivity contribution >= 4 is 11.9 Å². The van der Waals surface area contributed by atoms with Gasteiger partial charge in [-0.3, -0.25) is 9.59 Å². The molecule has 3 aliphatic rings. The molecule has 6 heteroatoms. The van der Waals surface area contributed by atoms with E-state index in [-0.39, 0.29) is 18.2 Å². The van der Waals surface area contributed by atoms with Crippen molar-refractivity contribution in [3.63, 3.8) is 0 Å². The molecule has 2 aliphatic heterocycles. The predicted octanol–water partition coefficient (Wildman–Crippen LogP) is 1.12. The maximum Gasteiger partial charge on any atom is 0.305 e. The normalized spacial score (nSPS) is 43.7. The van der Waals surface area contributed by atoms with Crippen LogP contribution >= 0.6 is 0 Å². The van der Waals surface area contributed by atoms with Crippen LogP contribution < -0.4 is 0 Å². The SMILES string of the molecule is CC(=O)O[C@H]1O[C@H]2C[C@@H]3CCCC3(OC(C)=O)[C@@H]1O2. The summed E-state index contributed by atoms with van der Waals surface area (Å²) in [5.74, 6) is -0.531. The molecule has 0 aromatic carbocycles. The first kappa shape index (κ1) is 12.9. The Hall–Kier alpha value is -1.14. The molecule has 0 radical (unpaired) electrons. The lowest BCUT2D eigenvalue weighted by atomic mass is 9.81. The Labute approximate surface area is 111 Å². The third-order valence-corrected chi connectivity index (χ3v) is 4.22. The molecule has 3 fully saturated rings. The molecule has 6 nitrogen and oxygen atoms in total. The molecule has 1 saturated carbocycles. The number of rotatable bonds is 2. The number of carbonyl (C=O) groups is 2. The average Bonchev–Trinajstić information content (AvgIpc) is 2.83. The van der Waals surface area contributed by atoms with Crippen LogP contribution in [0.15, 0.2) is 0 Å². The zero-order valence-corrected chi connectivity index (χ0v) is 11.1. The molecule has 0 amide bonds. The molecule has 1 unspecified atom stereocenters. The molecule has 5 atom stereocenters. The van der Waals surface area contributed by atoms with E-state index in [1.165, 1.54) is 13.8 Å². The van der Waals surface area contributed by atoms with Crippen molar-refractivity contribution in [1.82, 2.24) is 0 Å². The number of esters is 2. The summed E-state index contributed by atoms with van der Waals surface area (Å²) in [4.78, 5) is 22.6. The summed E-state index contributed by atoms with van der Waals surface area (Å²) in [6.07, 6.45) is 1.74. The van der Waals surface area contributed by atoms with Crippen LogP contribution in [0.5, 0.6) is 0 Å². The fraction of sp³-hybridized carbons (Fsp3) is 0.846. The lowest BCUT2D eigenvalue weighted by molar-refractivity contribution is -0.213. The monoisotopic (exact) mass is 270 g/mol. The van der Waals surface area contributed by atoms with Gasteiger partial charge in [-0.15, -0.1) is 0 Å². The van der Waals surface area contributed by atoms with Crippen LogP contribution in [0.1, 0.15) is 39.5 Å². The van der Waals surface area contributed by atoms with Gasteiger partial charge in [0.15, 0.2) is 12.4 Å². The fourth-order valence-corrected chi connectivity index (χ4v) is 3.65. The quantitative estimate of drug-likeness (QED) is 0.700. The van der Waals surface area contributed by atoms with E-state index in [1.807, 2.05) is 0 Å². The molecule has 106 valence electrons. The maximum absolute atomic E-state index is 11.4. The van der Waals surface area contributed by atoms with Crippen molar-refractivity contribution in [2.24, 2.45) is 5.92 Å². The highest BCUT2D eigenvalue weighted by Gasteiger charge is 2.64. The average molecular weight is 270 g/mol. The Bertz CT molecular complexity index is 408. The molecule has 19 heavy (non-hydrogen) atoms. The van der Waals surface area contributed by atoms with Gasteiger partial charge in [-0.2, -0.15) is 0 Å². The summed E-state index contributed by atoms with van der Waals surface area (Å²) < 4.78 is 22.1. The molecule has 1 aliphatic carbocycles. The second-order valence-corrected chi connectivity index (χ2v) is 5.47. The zero-order chi connectivity index (χ0) is 13.6. The van der Waals surface area contributed by atoms with E-state index in [9.17, 15) is 9.59 Å². The molecule has 0 aromatic rings. The second-order valence-electron chi connectivity index (χ2n) is 5.47. The van der Waals surface area contributed by atoms with Crippen molar-refractivity contribution in [1.29, 1.82) is 0 Å². The van der Waals surface area contributed by atoms with E-state index < -0.39 is 24.0 Å². The Kier molecular flexibility index (Phi) is 3.02. The topological polar surface area (TPSA) is 71.1 Å². The van der Waals surface area contributed by atoms with Crippen LogP contribution in [0.3, 0.4) is 0 Å². The van der Waals surface area contributed by atoms with Crippen molar-refractivity contribution in [3.8, 4) is 0 Å². The van der Waals surface area contributed by atoms with E-state index in [2.05, 4.69) is 0 Å². The van der Waals surface area contributed by atoms with Gasteiger partial charge in [0.05, 0.1) is 0 Å². The van der Waals surface area contributed by atoms with Gasteiger partial charge in [0, 0.05) is 26.2 Å². The minimum atomic E-state index is -0.773. The summed E-state index contributed by atoms with van der Waals surface area (Å²) in [5, 5.41) is 0. The minimum Gasteiger partial charge on any atom is -0.456 e. The molecule has 2 heterocycles. The van der Waals surface area contributed by atoms with Gasteiger partial charge < -0.3 is 18.9 Å². The maximum atomic E-state index is 11.4. The number of fused-ring (bicyclic) bond motifs is 4. The van der Waals surface area contributed by atoms with Crippen LogP contribution in [0.4, 0.5) is 0 Å². The largest absolute Gasteiger partial charge is 0.456 e. The van der Waals surface area contributed by atoms with Crippen molar-refractivity contribution < 1.29 is 28.5 Å². The summed E-state index contributed by atoms with van der Waals surface area (Å²) in [6, 6.07) is 0. The van der Waals surface area contributed by atoms with E-state index >= 15 is 0 Å². The summed E-state index contributed by atoms with van der Waals surface area (Å²) >= 11 is 0. The van der Waals surface area contributed by atoms with Gasteiger partial charge >= 0.3 is 11.9 Å². The first-order chi connectivity index (χ1) is 9.01. The number of ether oxygens (including phenoxy) is 4. The third kappa shape index (κ3) is 2.03. The van der Waals surface area contributed by atoms with E-state index in [0.29, 0.717) is 6.42 Å². The summed E-state index contributed by atoms with van der Waals surface area (Å²) in [6.45, 7) is 2.73. The molecule has 0 aromatic heterocycles. The molecule has 3 rings (SSSR count). The van der Waals surface area contributed by atoms with Crippen LogP contribution in [-0.4, -0.2) is 36.2 Å². The fourth-order valence-electron chi connectivity index (χ4n) is 3.65. The molecular formula is C13H18O6. The van der Waals surface area contributed by atoms with Crippen molar-refractivity contribution in [2.75, 3.05) is 0 Å². The minimum absolute atomic E-state index is 0.223. The number of carbonyl (C=O) groups excluding carboxylic acids is 2. The van der Waals surface area contributed by atoms with Crippen LogP contribution in [-0.2, 0) is 28.5 Å². The van der Waals surface area contributed by atoms with Gasteiger partial charge in [0.2, 0.25) is 6.29 Å². The molecular weight excluding hydrogens is 252 g/mol. The predicted molar refractivity (Wildman–Crippen MR) is 61.8 cm³/mol. The Balaban J connectivity index is 1.89. The molecule has 0 N–H and O–H groups in total. The van der Waals surface area contributed by atoms with E-state index in [4.69, 9.17) is 18.9 Å². The van der Waals surface area contributed by atoms with E-state index in [1.54, 1.807) is 0 Å². The highest BCUT2D eigenvalue weighted by molar-refractivity contribution is 5.67. The highest BCUT2D eigenvalue weighted by Crippen LogP contribution is 2.53. The standard InChI is InChI=1S/C13H18O6/c1-7(14)16-12-11-13(19-8(2)15)5-3-4-9(13)6-10(17-11)18-12/h9-12H,3-6H2,1-2H3/t9-,10-,11+,12-,13?/m0/s1.